The van der Waals surface area contributed by atoms with Crippen molar-refractivity contribution in [2.75, 3.05) is 33.3 Å². The molecule has 0 aliphatic carbocycles. The minimum absolute atomic E-state index is 0.484. The number of nitrogens with zero attached hydrogens (tertiary/aromatic N) is 1. The van der Waals surface area contributed by atoms with Crippen molar-refractivity contribution in [3.8, 4) is 11.5 Å². The first-order valence-electron chi connectivity index (χ1n) is 11.0. The van der Waals surface area contributed by atoms with Gasteiger partial charge in [-0.05, 0) is 60.5 Å². The summed E-state index contributed by atoms with van der Waals surface area (Å²) in [6.45, 7) is 6.08. The van der Waals surface area contributed by atoms with Gasteiger partial charge in [0, 0.05) is 25.2 Å². The Bertz CT molecular complexity index is 933. The fourth-order valence-electron chi connectivity index (χ4n) is 4.17. The lowest BCUT2D eigenvalue weighted by molar-refractivity contribution is 0.229. The molecule has 0 bridgehead atoms. The molecule has 0 aromatic heterocycles. The van der Waals surface area contributed by atoms with Crippen molar-refractivity contribution in [3.05, 3.63) is 71.8 Å². The van der Waals surface area contributed by atoms with Crippen LogP contribution in [0.25, 0.3) is 10.8 Å². The highest BCUT2D eigenvalue weighted by Gasteiger charge is 2.10. The van der Waals surface area contributed by atoms with Crippen molar-refractivity contribution in [1.29, 1.82) is 0 Å². The van der Waals surface area contributed by atoms with Crippen LogP contribution in [0.5, 0.6) is 11.5 Å². The number of rotatable bonds is 9. The third kappa shape index (κ3) is 5.32. The molecule has 0 radical (unpaired) electrons. The predicted molar refractivity (Wildman–Crippen MR) is 123 cm³/mol. The summed E-state index contributed by atoms with van der Waals surface area (Å²) in [4.78, 5) is 2.56. The molecule has 0 amide bonds. The lowest BCUT2D eigenvalue weighted by Crippen LogP contribution is -2.35. The zero-order valence-electron chi connectivity index (χ0n) is 17.9. The zero-order chi connectivity index (χ0) is 20.6. The highest BCUT2D eigenvalue weighted by atomic mass is 16.5. The number of piperidine rings is 1. The number of nitrogens with one attached hydrogen (secondary N) is 1. The van der Waals surface area contributed by atoms with Gasteiger partial charge in [-0.3, -0.25) is 0 Å². The third-order valence-corrected chi connectivity index (χ3v) is 5.91. The second-order valence-electron chi connectivity index (χ2n) is 7.98. The molecule has 0 saturated carbocycles. The van der Waals surface area contributed by atoms with Crippen LogP contribution in [-0.2, 0) is 13.2 Å². The lowest BCUT2D eigenvalue weighted by atomic mass is 10.0. The molecule has 4 nitrogen and oxygen atoms in total. The SMILES string of the molecule is COc1ccc2ccccc2c1COc1ccc(CNCCN2CCCCC2)cc1. The Morgan fingerprint density at radius 1 is 0.900 bits per heavy atom. The van der Waals surface area contributed by atoms with Gasteiger partial charge >= 0.3 is 0 Å². The van der Waals surface area contributed by atoms with E-state index in [4.69, 9.17) is 9.47 Å². The van der Waals surface area contributed by atoms with Crippen LogP contribution in [0.1, 0.15) is 30.4 Å². The van der Waals surface area contributed by atoms with Crippen molar-refractivity contribution in [3.63, 3.8) is 0 Å². The highest BCUT2D eigenvalue weighted by molar-refractivity contribution is 5.87. The topological polar surface area (TPSA) is 33.7 Å². The number of hydrogen-bond acceptors (Lipinski definition) is 4. The van der Waals surface area contributed by atoms with E-state index in [-0.39, 0.29) is 0 Å². The van der Waals surface area contributed by atoms with E-state index in [9.17, 15) is 0 Å². The summed E-state index contributed by atoms with van der Waals surface area (Å²) in [5, 5.41) is 5.93. The standard InChI is InChI=1S/C26H32N2O2/c1-29-26-14-11-22-7-3-4-8-24(22)25(26)20-30-23-12-9-21(10-13-23)19-27-15-18-28-16-5-2-6-17-28/h3-4,7-14,27H,2,5-6,15-20H2,1H3. The Hall–Kier alpha value is -2.56. The smallest absolute Gasteiger partial charge is 0.126 e. The van der Waals surface area contributed by atoms with Gasteiger partial charge in [0.2, 0.25) is 0 Å². The van der Waals surface area contributed by atoms with Gasteiger partial charge in [-0.15, -0.1) is 0 Å². The van der Waals surface area contributed by atoms with E-state index in [1.165, 1.54) is 48.7 Å². The number of benzene rings is 3. The molecule has 1 heterocycles. The largest absolute Gasteiger partial charge is 0.496 e. The van der Waals surface area contributed by atoms with Crippen molar-refractivity contribution < 1.29 is 9.47 Å². The molecule has 0 unspecified atom stereocenters. The Labute approximate surface area is 179 Å². The summed E-state index contributed by atoms with van der Waals surface area (Å²) in [6.07, 6.45) is 4.10. The predicted octanol–water partition coefficient (Wildman–Crippen LogP) is 5.00. The van der Waals surface area contributed by atoms with E-state index in [0.29, 0.717) is 6.61 Å². The third-order valence-electron chi connectivity index (χ3n) is 5.91. The normalized spacial score (nSPS) is 14.7. The van der Waals surface area contributed by atoms with Crippen LogP contribution in [0.2, 0.25) is 0 Å². The monoisotopic (exact) mass is 404 g/mol. The number of hydrogen-bond donors (Lipinski definition) is 1. The Kier molecular flexibility index (Phi) is 7.22. The molecular weight excluding hydrogens is 372 g/mol. The Morgan fingerprint density at radius 2 is 1.70 bits per heavy atom. The van der Waals surface area contributed by atoms with Crippen LogP contribution in [0.15, 0.2) is 60.7 Å². The van der Waals surface area contributed by atoms with E-state index in [2.05, 4.69) is 64.8 Å². The van der Waals surface area contributed by atoms with Gasteiger partial charge in [0.25, 0.3) is 0 Å². The number of ether oxygens (including phenoxy) is 2. The average Bonchev–Trinajstić information content (AvgIpc) is 2.81. The fraction of sp³-hybridized carbons (Fsp3) is 0.385. The summed E-state index contributed by atoms with van der Waals surface area (Å²) >= 11 is 0. The molecule has 1 saturated heterocycles. The summed E-state index contributed by atoms with van der Waals surface area (Å²) in [7, 11) is 1.71. The van der Waals surface area contributed by atoms with Gasteiger partial charge in [0.1, 0.15) is 18.1 Å². The van der Waals surface area contributed by atoms with Gasteiger partial charge in [0.15, 0.2) is 0 Å². The van der Waals surface area contributed by atoms with Crippen molar-refractivity contribution >= 4 is 10.8 Å². The molecular formula is C26H32N2O2. The van der Waals surface area contributed by atoms with Gasteiger partial charge in [-0.25, -0.2) is 0 Å². The van der Waals surface area contributed by atoms with E-state index >= 15 is 0 Å². The van der Waals surface area contributed by atoms with Gasteiger partial charge < -0.3 is 19.7 Å². The number of fused-ring (bicyclic) bond motifs is 1. The molecule has 1 aliphatic rings. The van der Waals surface area contributed by atoms with Crippen LogP contribution >= 0.6 is 0 Å². The maximum atomic E-state index is 6.10. The Balaban J connectivity index is 1.29. The summed E-state index contributed by atoms with van der Waals surface area (Å²) in [5.41, 5.74) is 2.36. The fourth-order valence-corrected chi connectivity index (χ4v) is 4.17. The van der Waals surface area contributed by atoms with Crippen LogP contribution in [0, 0.1) is 0 Å². The van der Waals surface area contributed by atoms with E-state index in [1.54, 1.807) is 7.11 Å². The first kappa shape index (κ1) is 20.7. The summed E-state index contributed by atoms with van der Waals surface area (Å²) < 4.78 is 11.7. The molecule has 3 aromatic rings. The quantitative estimate of drug-likeness (QED) is 0.509. The summed E-state index contributed by atoms with van der Waals surface area (Å²) in [5.74, 6) is 1.74. The van der Waals surface area contributed by atoms with Crippen LogP contribution in [0.4, 0.5) is 0 Å². The second kappa shape index (κ2) is 10.5. The second-order valence-corrected chi connectivity index (χ2v) is 7.98. The van der Waals surface area contributed by atoms with Crippen LogP contribution < -0.4 is 14.8 Å². The number of methoxy groups -OCH3 is 1. The molecule has 30 heavy (non-hydrogen) atoms. The minimum Gasteiger partial charge on any atom is -0.496 e. The zero-order valence-corrected chi connectivity index (χ0v) is 17.9. The van der Waals surface area contributed by atoms with Gasteiger partial charge in [-0.2, -0.15) is 0 Å². The Morgan fingerprint density at radius 3 is 2.50 bits per heavy atom. The van der Waals surface area contributed by atoms with E-state index in [0.717, 1.165) is 36.7 Å². The van der Waals surface area contributed by atoms with E-state index in [1.807, 2.05) is 6.07 Å². The maximum absolute atomic E-state index is 6.10. The van der Waals surface area contributed by atoms with E-state index < -0.39 is 0 Å². The summed E-state index contributed by atoms with van der Waals surface area (Å²) in [6, 6.07) is 20.8. The van der Waals surface area contributed by atoms with Gasteiger partial charge in [-0.1, -0.05) is 48.9 Å². The minimum atomic E-state index is 0.484. The van der Waals surface area contributed by atoms with Gasteiger partial charge in [0.05, 0.1) is 7.11 Å². The molecule has 1 aliphatic heterocycles. The highest BCUT2D eigenvalue weighted by Crippen LogP contribution is 2.29. The number of likely N-dealkylation sites (tertiary alicyclic amines) is 1. The first-order chi connectivity index (χ1) is 14.8. The molecule has 1 fully saturated rings. The molecule has 1 N–H and O–H groups in total. The molecule has 0 atom stereocenters. The van der Waals surface area contributed by atoms with Crippen LogP contribution in [0.3, 0.4) is 0 Å². The van der Waals surface area contributed by atoms with Crippen molar-refractivity contribution in [2.45, 2.75) is 32.4 Å². The average molecular weight is 405 g/mol. The molecule has 3 aromatic carbocycles. The molecule has 158 valence electrons. The molecule has 0 spiro atoms. The van der Waals surface area contributed by atoms with Crippen LogP contribution in [-0.4, -0.2) is 38.2 Å². The lowest BCUT2D eigenvalue weighted by Gasteiger charge is -2.26. The molecule has 4 rings (SSSR count). The maximum Gasteiger partial charge on any atom is 0.126 e. The first-order valence-corrected chi connectivity index (χ1v) is 11.0. The van der Waals surface area contributed by atoms with Crippen molar-refractivity contribution in [2.24, 2.45) is 0 Å². The molecule has 4 heteroatoms. The van der Waals surface area contributed by atoms with Crippen molar-refractivity contribution in [1.82, 2.24) is 10.2 Å².